The van der Waals surface area contributed by atoms with Crippen LogP contribution in [0.15, 0.2) is 72.8 Å². The molecule has 2 aromatic heterocycles. The normalized spacial score (nSPS) is 15.0. The zero-order valence-corrected chi connectivity index (χ0v) is 20.0. The van der Waals surface area contributed by atoms with Gasteiger partial charge in [-0.15, -0.1) is 0 Å². The monoisotopic (exact) mass is 456 g/mol. The molecule has 0 bridgehead atoms. The van der Waals surface area contributed by atoms with E-state index in [1.807, 2.05) is 105 Å². The molecular weight excluding hydrogens is 422 g/mol. The fraction of sp³-hybridized carbons (Fsp3) is 0.241. The van der Waals surface area contributed by atoms with Crippen molar-refractivity contribution in [3.63, 3.8) is 0 Å². The van der Waals surface area contributed by atoms with Gasteiger partial charge in [0.25, 0.3) is 0 Å². The first-order chi connectivity index (χ1) is 17.7. The molecule has 0 fully saturated rings. The van der Waals surface area contributed by atoms with Crippen molar-refractivity contribution in [1.29, 1.82) is 0 Å². The highest BCUT2D eigenvalue weighted by atomic mass is 32.1. The lowest BCUT2D eigenvalue weighted by Crippen LogP contribution is -2.01. The van der Waals surface area contributed by atoms with Crippen LogP contribution in [0.1, 0.15) is 62.5 Å². The van der Waals surface area contributed by atoms with Crippen molar-refractivity contribution in [3.05, 3.63) is 88.9 Å². The maximum absolute atomic E-state index is 8.76. The van der Waals surface area contributed by atoms with Gasteiger partial charge in [-0.2, -0.15) is 0 Å². The van der Waals surface area contributed by atoms with E-state index in [1.54, 1.807) is 0 Å². The summed E-state index contributed by atoms with van der Waals surface area (Å²) in [5.41, 5.74) is 5.68. The molecule has 2 heterocycles. The standard InChI is InChI=1S/C29H29N3S/c1-18(2)24-12-9-13-25(19(3)4)26(24)21-14-16-23(17-15-21)32-28(22-10-7-6-8-11-22)31-27-29(32)33-20(5)30-27/h6-19H,1-5H3/i5D3,18D,19D. The Balaban J connectivity index is 1.71. The maximum Gasteiger partial charge on any atom is 0.190 e. The Morgan fingerprint density at radius 1 is 0.788 bits per heavy atom. The molecule has 166 valence electrons. The van der Waals surface area contributed by atoms with Gasteiger partial charge in [0.2, 0.25) is 0 Å². The van der Waals surface area contributed by atoms with Gasteiger partial charge in [-0.05, 0) is 53.0 Å². The minimum Gasteiger partial charge on any atom is -0.282 e. The summed E-state index contributed by atoms with van der Waals surface area (Å²) in [6.07, 6.45) is 0. The van der Waals surface area contributed by atoms with Crippen LogP contribution in [-0.4, -0.2) is 14.5 Å². The Morgan fingerprint density at radius 2 is 1.45 bits per heavy atom. The summed E-state index contributed by atoms with van der Waals surface area (Å²) < 4.78 is 42.9. The Kier molecular flexibility index (Phi) is 4.27. The predicted octanol–water partition coefficient (Wildman–Crippen LogP) is 8.37. The van der Waals surface area contributed by atoms with E-state index in [0.717, 1.165) is 44.8 Å². The second kappa shape index (κ2) is 8.60. The molecule has 0 aliphatic heterocycles. The largest absolute Gasteiger partial charge is 0.282 e. The number of nitrogens with zero attached hydrogens (tertiary/aromatic N) is 3. The Morgan fingerprint density at radius 3 is 2.06 bits per heavy atom. The van der Waals surface area contributed by atoms with Crippen LogP contribution < -0.4 is 0 Å². The SMILES string of the molecule is [2H]C([2H])([2H])c1nc2nc(-c3ccccc3)n(-c3ccc(-c4c(C([2H])(C)C)cccc4C([2H])(C)C)cc3)c2s1. The van der Waals surface area contributed by atoms with E-state index < -0.39 is 18.6 Å². The van der Waals surface area contributed by atoms with Crippen LogP contribution in [-0.2, 0) is 0 Å². The first-order valence-corrected chi connectivity index (χ1v) is 11.8. The van der Waals surface area contributed by atoms with Gasteiger partial charge in [-0.3, -0.25) is 4.57 Å². The van der Waals surface area contributed by atoms with Crippen LogP contribution in [0.2, 0.25) is 0 Å². The number of aryl methyl sites for hydroxylation is 1. The zero-order chi connectivity index (χ0) is 27.5. The summed E-state index contributed by atoms with van der Waals surface area (Å²) in [7, 11) is 0. The van der Waals surface area contributed by atoms with Crippen LogP contribution in [0, 0.1) is 6.85 Å². The van der Waals surface area contributed by atoms with Crippen molar-refractivity contribution in [2.24, 2.45) is 0 Å². The minimum absolute atomic E-state index is 0.0638. The fourth-order valence-electron chi connectivity index (χ4n) is 4.26. The van der Waals surface area contributed by atoms with Gasteiger partial charge >= 0.3 is 0 Å². The summed E-state index contributed by atoms with van der Waals surface area (Å²) in [6, 6.07) is 23.6. The maximum atomic E-state index is 8.76. The third-order valence-electron chi connectivity index (χ3n) is 5.81. The molecule has 0 saturated carbocycles. The lowest BCUT2D eigenvalue weighted by molar-refractivity contribution is 0.838. The van der Waals surface area contributed by atoms with Crippen molar-refractivity contribution in [3.8, 4) is 28.2 Å². The molecular formula is C29H29N3S. The molecule has 0 radical (unpaired) electrons. The first kappa shape index (κ1) is 16.4. The van der Waals surface area contributed by atoms with E-state index in [2.05, 4.69) is 4.98 Å². The molecule has 0 spiro atoms. The number of fused-ring (bicyclic) bond motifs is 1. The predicted molar refractivity (Wildman–Crippen MR) is 141 cm³/mol. The second-order valence-corrected chi connectivity index (χ2v) is 9.54. The van der Waals surface area contributed by atoms with Crippen molar-refractivity contribution in [2.45, 2.75) is 46.3 Å². The number of rotatable bonds is 5. The smallest absolute Gasteiger partial charge is 0.190 e. The quantitative estimate of drug-likeness (QED) is 0.266. The van der Waals surface area contributed by atoms with Crippen molar-refractivity contribution < 1.29 is 6.85 Å². The Bertz CT molecular complexity index is 1570. The van der Waals surface area contributed by atoms with Crippen LogP contribution in [0.5, 0.6) is 0 Å². The summed E-state index contributed by atoms with van der Waals surface area (Å²) in [5.74, 6) is -1.01. The average molecular weight is 457 g/mol. The third kappa shape index (κ3) is 3.89. The molecule has 0 atom stereocenters. The van der Waals surface area contributed by atoms with Crippen molar-refractivity contribution >= 4 is 21.8 Å². The van der Waals surface area contributed by atoms with E-state index in [9.17, 15) is 0 Å². The van der Waals surface area contributed by atoms with Gasteiger partial charge in [-0.25, -0.2) is 9.97 Å². The van der Waals surface area contributed by atoms with E-state index in [0.29, 0.717) is 16.3 Å². The fourth-order valence-corrected chi connectivity index (χ4v) is 5.04. The number of imidazole rings is 1. The molecule has 4 heteroatoms. The van der Waals surface area contributed by atoms with Crippen LogP contribution in [0.25, 0.3) is 38.7 Å². The molecule has 5 rings (SSSR count). The summed E-state index contributed by atoms with van der Waals surface area (Å²) >= 11 is 1.13. The van der Waals surface area contributed by atoms with Gasteiger partial charge in [0.15, 0.2) is 5.65 Å². The molecule has 0 aliphatic rings. The third-order valence-corrected chi connectivity index (χ3v) is 6.65. The number of hydrogen-bond donors (Lipinski definition) is 0. The van der Waals surface area contributed by atoms with Crippen LogP contribution >= 0.6 is 11.3 Å². The molecule has 0 saturated heterocycles. The molecule has 33 heavy (non-hydrogen) atoms. The molecule has 3 aromatic carbocycles. The second-order valence-electron chi connectivity index (χ2n) is 8.56. The topological polar surface area (TPSA) is 30.7 Å². The minimum atomic E-state index is -2.31. The summed E-state index contributed by atoms with van der Waals surface area (Å²) in [4.78, 5) is 9.74. The molecule has 0 N–H and O–H groups in total. The van der Waals surface area contributed by atoms with Gasteiger partial charge in [-0.1, -0.05) is 99.7 Å². The van der Waals surface area contributed by atoms with Crippen molar-refractivity contribution in [2.75, 3.05) is 0 Å². The van der Waals surface area contributed by atoms with Gasteiger partial charge < -0.3 is 0 Å². The number of benzene rings is 3. The summed E-state index contributed by atoms with van der Waals surface area (Å²) in [5, 5.41) is 0.0638. The highest BCUT2D eigenvalue weighted by Gasteiger charge is 2.19. The Hall–Kier alpha value is -3.24. The van der Waals surface area contributed by atoms with Crippen LogP contribution in [0.3, 0.4) is 0 Å². The number of hydrogen-bond acceptors (Lipinski definition) is 3. The van der Waals surface area contributed by atoms with Crippen LogP contribution in [0.4, 0.5) is 0 Å². The summed E-state index contributed by atoms with van der Waals surface area (Å²) in [6.45, 7) is 5.14. The molecule has 0 amide bonds. The average Bonchev–Trinajstić information content (AvgIpc) is 3.42. The Labute approximate surface area is 206 Å². The van der Waals surface area contributed by atoms with Gasteiger partial charge in [0.05, 0.1) is 5.01 Å². The molecule has 3 nitrogen and oxygen atoms in total. The first-order valence-electron chi connectivity index (χ1n) is 13.4. The molecule has 0 aliphatic carbocycles. The van der Waals surface area contributed by atoms with E-state index in [4.69, 9.17) is 11.8 Å². The van der Waals surface area contributed by atoms with Gasteiger partial charge in [0.1, 0.15) is 10.7 Å². The molecule has 0 unspecified atom stereocenters. The van der Waals surface area contributed by atoms with E-state index in [-0.39, 0.29) is 5.01 Å². The zero-order valence-electron chi connectivity index (χ0n) is 24.2. The number of aromatic nitrogens is 3. The molecule has 5 aromatic rings. The van der Waals surface area contributed by atoms with Crippen molar-refractivity contribution in [1.82, 2.24) is 14.5 Å². The lowest BCUT2D eigenvalue weighted by atomic mass is 9.85. The van der Waals surface area contributed by atoms with Gasteiger partial charge in [0, 0.05) is 18.1 Å². The highest BCUT2D eigenvalue weighted by molar-refractivity contribution is 7.18. The van der Waals surface area contributed by atoms with E-state index >= 15 is 0 Å². The lowest BCUT2D eigenvalue weighted by Gasteiger charge is -2.20. The van der Waals surface area contributed by atoms with E-state index in [1.165, 1.54) is 0 Å². The number of thiazole rings is 1. The highest BCUT2D eigenvalue weighted by Crippen LogP contribution is 2.37.